The summed E-state index contributed by atoms with van der Waals surface area (Å²) in [5, 5.41) is 23.9. The van der Waals surface area contributed by atoms with Gasteiger partial charge in [0.2, 0.25) is 10.9 Å². The monoisotopic (exact) mass is 440 g/mol. The molecule has 0 radical (unpaired) electrons. The summed E-state index contributed by atoms with van der Waals surface area (Å²) < 4.78 is 12.1. The Morgan fingerprint density at radius 2 is 2.00 bits per heavy atom. The van der Waals surface area contributed by atoms with Gasteiger partial charge in [0.05, 0.1) is 31.4 Å². The zero-order chi connectivity index (χ0) is 20.4. The Bertz CT molecular complexity index is 1120. The molecule has 29 heavy (non-hydrogen) atoms. The zero-order valence-electron chi connectivity index (χ0n) is 15.5. The molecule has 0 saturated heterocycles. The minimum Gasteiger partial charge on any atom is -0.496 e. The van der Waals surface area contributed by atoms with Crippen molar-refractivity contribution in [3.05, 3.63) is 32.9 Å². The fraction of sp³-hybridized carbons (Fsp3) is 0.200. The van der Waals surface area contributed by atoms with Gasteiger partial charge in [-0.3, -0.25) is 10.1 Å². The number of fused-ring (bicyclic) bond motifs is 1. The van der Waals surface area contributed by atoms with Crippen molar-refractivity contribution in [3.63, 3.8) is 0 Å². The summed E-state index contributed by atoms with van der Waals surface area (Å²) in [5.41, 5.74) is 11.7. The van der Waals surface area contributed by atoms with Crippen molar-refractivity contribution < 1.29 is 14.4 Å². The van der Waals surface area contributed by atoms with Gasteiger partial charge in [0.25, 0.3) is 0 Å². The Kier molecular flexibility index (Phi) is 6.56. The molecule has 154 valence electrons. The Morgan fingerprint density at radius 1 is 1.31 bits per heavy atom. The van der Waals surface area contributed by atoms with E-state index in [-0.39, 0.29) is 35.6 Å². The van der Waals surface area contributed by atoms with Gasteiger partial charge >= 0.3 is 5.69 Å². The average molecular weight is 441 g/mol. The van der Waals surface area contributed by atoms with Gasteiger partial charge in [-0.15, -0.1) is 17.5 Å². The minimum atomic E-state index is -0.553. The van der Waals surface area contributed by atoms with Gasteiger partial charge in [-0.2, -0.15) is 10.2 Å². The standard InChI is InChI=1S/C15H16N8O4S.ClH/c1-7-21-22-10(6-18-20-14(16)17)13(19-15(22)28-7)8-4-12(27-3)9(23(24)25)5-11(8)26-2;/h4-6H,1-3H3,(H4,16,17,20);1H/b18-6-;. The lowest BCUT2D eigenvalue weighted by Crippen LogP contribution is -2.21. The first kappa shape index (κ1) is 21.8. The van der Waals surface area contributed by atoms with Crippen molar-refractivity contribution in [3.8, 4) is 22.8 Å². The van der Waals surface area contributed by atoms with E-state index < -0.39 is 4.92 Å². The normalized spacial score (nSPS) is 10.7. The maximum atomic E-state index is 11.3. The highest BCUT2D eigenvalue weighted by Crippen LogP contribution is 2.40. The fourth-order valence-corrected chi connectivity index (χ4v) is 3.28. The molecule has 0 bridgehead atoms. The number of imidazole rings is 1. The first-order chi connectivity index (χ1) is 13.3. The van der Waals surface area contributed by atoms with E-state index in [1.54, 1.807) is 4.52 Å². The first-order valence-corrected chi connectivity index (χ1v) is 8.56. The first-order valence-electron chi connectivity index (χ1n) is 7.74. The van der Waals surface area contributed by atoms with Crippen molar-refractivity contribution in [1.82, 2.24) is 14.6 Å². The van der Waals surface area contributed by atoms with Crippen LogP contribution in [0.4, 0.5) is 5.69 Å². The van der Waals surface area contributed by atoms with Crippen LogP contribution in [0.1, 0.15) is 10.7 Å². The summed E-state index contributed by atoms with van der Waals surface area (Å²) in [6, 6.07) is 2.76. The second-order valence-electron chi connectivity index (χ2n) is 5.41. The minimum absolute atomic E-state index is 0. The summed E-state index contributed by atoms with van der Waals surface area (Å²) in [4.78, 5) is 15.9. The number of hydrogen-bond acceptors (Lipinski definition) is 9. The summed E-state index contributed by atoms with van der Waals surface area (Å²) in [6.45, 7) is 1.84. The van der Waals surface area contributed by atoms with Crippen LogP contribution in [-0.4, -0.2) is 45.9 Å². The number of rotatable bonds is 6. The molecule has 0 saturated carbocycles. The number of methoxy groups -OCH3 is 2. The molecule has 2 heterocycles. The van der Waals surface area contributed by atoms with E-state index in [9.17, 15) is 10.1 Å². The van der Waals surface area contributed by atoms with E-state index in [4.69, 9.17) is 20.9 Å². The van der Waals surface area contributed by atoms with Gasteiger partial charge in [-0.25, -0.2) is 9.50 Å². The molecule has 12 nitrogen and oxygen atoms in total. The number of nitro benzene ring substituents is 1. The van der Waals surface area contributed by atoms with Crippen LogP contribution in [-0.2, 0) is 0 Å². The molecule has 3 aromatic rings. The number of nitrogens with two attached hydrogens (primary N) is 2. The van der Waals surface area contributed by atoms with Gasteiger partial charge in [0.15, 0.2) is 5.75 Å². The van der Waals surface area contributed by atoms with Crippen molar-refractivity contribution >= 4 is 46.6 Å². The highest BCUT2D eigenvalue weighted by molar-refractivity contribution is 7.16. The molecule has 0 aliphatic heterocycles. The molecule has 0 amide bonds. The fourth-order valence-electron chi connectivity index (χ4n) is 2.53. The molecular weight excluding hydrogens is 424 g/mol. The molecule has 1 aromatic carbocycles. The lowest BCUT2D eigenvalue weighted by Gasteiger charge is -2.10. The van der Waals surface area contributed by atoms with Crippen molar-refractivity contribution in [1.29, 1.82) is 0 Å². The van der Waals surface area contributed by atoms with Crippen molar-refractivity contribution in [2.75, 3.05) is 14.2 Å². The Morgan fingerprint density at radius 3 is 2.59 bits per heavy atom. The SMILES string of the molecule is COc1cc([N+](=O)[O-])c(OC)cc1-c1nc2sc(C)nn2c1/C=N\N=C(N)N.Cl. The molecular formula is C15H17ClN8O4S. The van der Waals surface area contributed by atoms with Crippen LogP contribution < -0.4 is 20.9 Å². The number of guanidine groups is 1. The maximum Gasteiger partial charge on any atom is 0.314 e. The van der Waals surface area contributed by atoms with Crippen molar-refractivity contribution in [2.24, 2.45) is 21.7 Å². The Hall–Kier alpha value is -3.45. The predicted octanol–water partition coefficient (Wildman–Crippen LogP) is 1.72. The lowest BCUT2D eigenvalue weighted by atomic mass is 10.1. The summed E-state index contributed by atoms with van der Waals surface area (Å²) in [7, 11) is 2.75. The number of aryl methyl sites for hydroxylation is 1. The van der Waals surface area contributed by atoms with Crippen LogP contribution in [0, 0.1) is 17.0 Å². The molecule has 3 rings (SSSR count). The van der Waals surface area contributed by atoms with E-state index in [0.717, 1.165) is 5.01 Å². The van der Waals surface area contributed by atoms with Crippen LogP contribution >= 0.6 is 23.7 Å². The number of aromatic nitrogens is 3. The number of nitrogens with zero attached hydrogens (tertiary/aromatic N) is 6. The van der Waals surface area contributed by atoms with Crippen LogP contribution in [0.5, 0.6) is 11.5 Å². The molecule has 0 aliphatic rings. The molecule has 0 atom stereocenters. The summed E-state index contributed by atoms with van der Waals surface area (Å²) >= 11 is 1.37. The smallest absolute Gasteiger partial charge is 0.314 e. The van der Waals surface area contributed by atoms with E-state index in [2.05, 4.69) is 20.3 Å². The van der Waals surface area contributed by atoms with Crippen LogP contribution in [0.15, 0.2) is 22.3 Å². The second-order valence-corrected chi connectivity index (χ2v) is 6.57. The molecule has 0 spiro atoms. The number of nitro groups is 1. The van der Waals surface area contributed by atoms with Gasteiger partial charge in [-0.1, -0.05) is 11.3 Å². The molecule has 0 aliphatic carbocycles. The third-order valence-corrected chi connectivity index (χ3v) is 4.47. The van der Waals surface area contributed by atoms with Gasteiger partial charge in [0, 0.05) is 11.6 Å². The van der Waals surface area contributed by atoms with Gasteiger partial charge < -0.3 is 20.9 Å². The van der Waals surface area contributed by atoms with Crippen molar-refractivity contribution in [2.45, 2.75) is 6.92 Å². The Labute approximate surface area is 174 Å². The number of halogens is 1. The molecule has 2 aromatic heterocycles. The summed E-state index contributed by atoms with van der Waals surface area (Å²) in [6.07, 6.45) is 1.39. The van der Waals surface area contributed by atoms with Gasteiger partial charge in [0.1, 0.15) is 22.1 Å². The molecule has 0 fully saturated rings. The topological polar surface area (TPSA) is 169 Å². The third-order valence-electron chi connectivity index (χ3n) is 3.65. The molecule has 0 unspecified atom stereocenters. The third kappa shape index (κ3) is 4.20. The van der Waals surface area contributed by atoms with E-state index in [1.165, 1.54) is 43.9 Å². The van der Waals surface area contributed by atoms with Crippen LogP contribution in [0.25, 0.3) is 16.2 Å². The highest BCUT2D eigenvalue weighted by atomic mass is 35.5. The van der Waals surface area contributed by atoms with Crippen LogP contribution in [0.2, 0.25) is 0 Å². The molecule has 14 heteroatoms. The summed E-state index contributed by atoms with van der Waals surface area (Å²) in [5.74, 6) is 0.0995. The number of ether oxygens (including phenoxy) is 2. The average Bonchev–Trinajstić information content (AvgIpc) is 3.16. The number of hydrogen-bond donors (Lipinski definition) is 2. The van der Waals surface area contributed by atoms with Gasteiger partial charge in [-0.05, 0) is 6.92 Å². The lowest BCUT2D eigenvalue weighted by molar-refractivity contribution is -0.385. The Balaban J connectivity index is 0.00000300. The molecule has 4 N–H and O–H groups in total. The zero-order valence-corrected chi connectivity index (χ0v) is 17.2. The van der Waals surface area contributed by atoms with E-state index in [1.807, 2.05) is 6.92 Å². The predicted molar refractivity (Wildman–Crippen MR) is 111 cm³/mol. The number of benzene rings is 1. The largest absolute Gasteiger partial charge is 0.496 e. The van der Waals surface area contributed by atoms with Crippen LogP contribution in [0.3, 0.4) is 0 Å². The quantitative estimate of drug-likeness (QED) is 0.252. The van der Waals surface area contributed by atoms with E-state index >= 15 is 0 Å². The maximum absolute atomic E-state index is 11.3. The van der Waals surface area contributed by atoms with E-state index in [0.29, 0.717) is 21.9 Å². The highest BCUT2D eigenvalue weighted by Gasteiger charge is 2.25. The second kappa shape index (κ2) is 8.70.